The number of β-amino-alcohol motifs (C(OH)–C–C–N with tert-alkyl or cyclic N) is 1. The maximum Gasteiger partial charge on any atom is 0.417 e. The van der Waals surface area contributed by atoms with Crippen molar-refractivity contribution in [2.24, 2.45) is 0 Å². The lowest BCUT2D eigenvalue weighted by atomic mass is 9.99. The minimum atomic E-state index is -4.49. The zero-order valence-electron chi connectivity index (χ0n) is 19.6. The first-order valence-electron chi connectivity index (χ1n) is 11.2. The van der Waals surface area contributed by atoms with E-state index in [1.54, 1.807) is 18.3 Å². The first-order chi connectivity index (χ1) is 16.9. The van der Waals surface area contributed by atoms with E-state index in [4.69, 9.17) is 5.73 Å². The molecule has 192 valence electrons. The molecule has 1 aromatic carbocycles. The Balaban J connectivity index is 1.44. The van der Waals surface area contributed by atoms with Crippen LogP contribution in [0.15, 0.2) is 53.7 Å². The number of piperidine rings is 1. The maximum absolute atomic E-state index is 13.2. The summed E-state index contributed by atoms with van der Waals surface area (Å²) in [5.41, 5.74) is 8.45. The van der Waals surface area contributed by atoms with Gasteiger partial charge >= 0.3 is 6.18 Å². The molecule has 0 spiro atoms. The third kappa shape index (κ3) is 5.15. The lowest BCUT2D eigenvalue weighted by Crippen LogP contribution is -2.51. The van der Waals surface area contributed by atoms with Gasteiger partial charge in [0.15, 0.2) is 0 Å². The maximum atomic E-state index is 13.2. The number of sulfonamides is 1. The van der Waals surface area contributed by atoms with Crippen LogP contribution in [0.5, 0.6) is 0 Å². The fourth-order valence-electron chi connectivity index (χ4n) is 4.09. The highest BCUT2D eigenvalue weighted by molar-refractivity contribution is 7.89. The van der Waals surface area contributed by atoms with Crippen molar-refractivity contribution in [2.75, 3.05) is 24.1 Å². The van der Waals surface area contributed by atoms with E-state index < -0.39 is 33.9 Å². The quantitative estimate of drug-likeness (QED) is 0.469. The van der Waals surface area contributed by atoms with Gasteiger partial charge in [0.25, 0.3) is 0 Å². The molecular formula is C24H26F3N5O3S. The first-order valence-corrected chi connectivity index (χ1v) is 12.6. The fraction of sp³-hybridized carbons (Fsp3) is 0.333. The Kier molecular flexibility index (Phi) is 6.95. The van der Waals surface area contributed by atoms with Crippen LogP contribution in [0.1, 0.15) is 23.1 Å². The predicted octanol–water partition coefficient (Wildman–Crippen LogP) is 3.60. The van der Waals surface area contributed by atoms with E-state index in [9.17, 15) is 26.7 Å². The number of aliphatic hydroxyl groups excluding tert-OH is 1. The second-order valence-electron chi connectivity index (χ2n) is 8.73. The average molecular weight is 522 g/mol. The van der Waals surface area contributed by atoms with E-state index in [-0.39, 0.29) is 30.2 Å². The number of benzene rings is 1. The molecule has 0 amide bonds. The molecule has 12 heteroatoms. The van der Waals surface area contributed by atoms with Crippen LogP contribution in [0.4, 0.5) is 24.8 Å². The molecule has 36 heavy (non-hydrogen) atoms. The Bertz CT molecular complexity index is 1350. The molecule has 0 unspecified atom stereocenters. The van der Waals surface area contributed by atoms with Crippen LogP contribution in [0.3, 0.4) is 0 Å². The van der Waals surface area contributed by atoms with Crippen LogP contribution >= 0.6 is 0 Å². The van der Waals surface area contributed by atoms with Crippen molar-refractivity contribution < 1.29 is 26.7 Å². The number of halogens is 3. The monoisotopic (exact) mass is 521 g/mol. The van der Waals surface area contributed by atoms with Gasteiger partial charge in [-0.15, -0.1) is 0 Å². The van der Waals surface area contributed by atoms with Crippen molar-refractivity contribution in [3.63, 3.8) is 0 Å². The normalized spacial score (nSPS) is 19.3. The number of alkyl halides is 3. The Morgan fingerprint density at radius 2 is 1.75 bits per heavy atom. The molecule has 0 radical (unpaired) electrons. The molecule has 1 aliphatic rings. The topological polar surface area (TPSA) is 121 Å². The number of nitrogen functional groups attached to an aromatic ring is 1. The number of pyridine rings is 2. The molecule has 0 saturated carbocycles. The summed E-state index contributed by atoms with van der Waals surface area (Å²) in [5.74, 6) is 0.614. The number of hydrogen-bond acceptors (Lipinski definition) is 7. The third-order valence-corrected chi connectivity index (χ3v) is 8.33. The number of hydrogen-bond donors (Lipinski definition) is 3. The first kappa shape index (κ1) is 25.9. The highest BCUT2D eigenvalue weighted by Gasteiger charge is 2.35. The van der Waals surface area contributed by atoms with Gasteiger partial charge in [0.2, 0.25) is 10.0 Å². The molecule has 0 bridgehead atoms. The van der Waals surface area contributed by atoms with Crippen LogP contribution in [0, 0.1) is 13.8 Å². The second kappa shape index (κ2) is 9.68. The summed E-state index contributed by atoms with van der Waals surface area (Å²) in [4.78, 5) is 8.03. The van der Waals surface area contributed by atoms with E-state index in [2.05, 4.69) is 15.3 Å². The summed E-state index contributed by atoms with van der Waals surface area (Å²) in [6.07, 6.45) is -2.96. The van der Waals surface area contributed by atoms with Crippen molar-refractivity contribution in [1.29, 1.82) is 0 Å². The Morgan fingerprint density at radius 1 is 1.06 bits per heavy atom. The van der Waals surface area contributed by atoms with Gasteiger partial charge in [0.1, 0.15) is 11.6 Å². The zero-order valence-corrected chi connectivity index (χ0v) is 20.4. The minimum Gasteiger partial charge on any atom is -0.390 e. The smallest absolute Gasteiger partial charge is 0.390 e. The molecular weight excluding hydrogens is 495 g/mol. The standard InChI is InChI=1S/C24H26F3N5O3S/c1-14-15(2)23(28)30-12-19(14)16-3-6-18(7-4-16)36(34,35)32-10-9-20(21(33)13-32)31-22-8-5-17(11-29-22)24(25,26)27/h3-8,11-12,20-21,33H,9-10,13H2,1-2H3,(H2,28,30)(H,29,31)/t20-,21+/m1/s1. The van der Waals surface area contributed by atoms with Gasteiger partial charge in [0, 0.05) is 31.0 Å². The predicted molar refractivity (Wildman–Crippen MR) is 130 cm³/mol. The average Bonchev–Trinajstić information content (AvgIpc) is 2.84. The van der Waals surface area contributed by atoms with Gasteiger partial charge in [-0.1, -0.05) is 12.1 Å². The van der Waals surface area contributed by atoms with Crippen LogP contribution in [0.2, 0.25) is 0 Å². The number of anilines is 2. The van der Waals surface area contributed by atoms with Crippen LogP contribution < -0.4 is 11.1 Å². The van der Waals surface area contributed by atoms with Gasteiger partial charge in [-0.25, -0.2) is 18.4 Å². The van der Waals surface area contributed by atoms with Crippen molar-refractivity contribution in [3.05, 3.63) is 65.5 Å². The fourth-order valence-corrected chi connectivity index (χ4v) is 5.57. The summed E-state index contributed by atoms with van der Waals surface area (Å²) >= 11 is 0. The van der Waals surface area contributed by atoms with Crippen molar-refractivity contribution in [1.82, 2.24) is 14.3 Å². The van der Waals surface area contributed by atoms with Crippen LogP contribution in [-0.4, -0.2) is 53.0 Å². The summed E-state index contributed by atoms with van der Waals surface area (Å²) in [7, 11) is -3.87. The SMILES string of the molecule is Cc1c(-c2ccc(S(=O)(=O)N3CC[C@@H](Nc4ccc(C(F)(F)F)cn4)[C@@H](O)C3)cc2)cnc(N)c1C. The molecule has 4 N–H and O–H groups in total. The third-order valence-electron chi connectivity index (χ3n) is 6.46. The number of aromatic nitrogens is 2. The molecule has 3 aromatic rings. The molecule has 2 aromatic heterocycles. The number of nitrogens with one attached hydrogen (secondary N) is 1. The van der Waals surface area contributed by atoms with Gasteiger partial charge in [0.05, 0.1) is 22.6 Å². The van der Waals surface area contributed by atoms with E-state index in [0.717, 1.165) is 28.3 Å². The highest BCUT2D eigenvalue weighted by Crippen LogP contribution is 2.31. The molecule has 1 fully saturated rings. The number of rotatable bonds is 5. The Labute approximate surface area is 207 Å². The second-order valence-corrected chi connectivity index (χ2v) is 10.7. The Hall–Kier alpha value is -3.22. The van der Waals surface area contributed by atoms with Gasteiger partial charge < -0.3 is 16.2 Å². The van der Waals surface area contributed by atoms with Crippen LogP contribution in [-0.2, 0) is 16.2 Å². The minimum absolute atomic E-state index is 0.0899. The van der Waals surface area contributed by atoms with Gasteiger partial charge in [-0.2, -0.15) is 17.5 Å². The lowest BCUT2D eigenvalue weighted by Gasteiger charge is -2.35. The molecule has 3 heterocycles. The van der Waals surface area contributed by atoms with E-state index in [1.165, 1.54) is 22.5 Å². The summed E-state index contributed by atoms with van der Waals surface area (Å²) in [6, 6.07) is 7.94. The summed E-state index contributed by atoms with van der Waals surface area (Å²) < 4.78 is 65.7. The molecule has 8 nitrogen and oxygen atoms in total. The molecule has 1 aliphatic heterocycles. The van der Waals surface area contributed by atoms with E-state index >= 15 is 0 Å². The molecule has 4 rings (SSSR count). The molecule has 0 aliphatic carbocycles. The van der Waals surface area contributed by atoms with Gasteiger partial charge in [-0.05, 0) is 61.2 Å². The van der Waals surface area contributed by atoms with Crippen molar-refractivity contribution >= 4 is 21.7 Å². The Morgan fingerprint density at radius 3 is 2.33 bits per heavy atom. The number of nitrogens with two attached hydrogens (primary N) is 1. The van der Waals surface area contributed by atoms with Gasteiger partial charge in [-0.3, -0.25) is 0 Å². The summed E-state index contributed by atoms with van der Waals surface area (Å²) in [5, 5.41) is 13.5. The van der Waals surface area contributed by atoms with E-state index in [0.29, 0.717) is 12.0 Å². The van der Waals surface area contributed by atoms with Crippen LogP contribution in [0.25, 0.3) is 11.1 Å². The zero-order chi connectivity index (χ0) is 26.3. The number of nitrogens with zero attached hydrogens (tertiary/aromatic N) is 3. The van der Waals surface area contributed by atoms with E-state index in [1.807, 2.05) is 13.8 Å². The summed E-state index contributed by atoms with van der Waals surface area (Å²) in [6.45, 7) is 3.76. The van der Waals surface area contributed by atoms with Crippen molar-refractivity contribution in [2.45, 2.75) is 43.5 Å². The lowest BCUT2D eigenvalue weighted by molar-refractivity contribution is -0.137. The molecule has 2 atom stereocenters. The van der Waals surface area contributed by atoms with Crippen molar-refractivity contribution in [3.8, 4) is 11.1 Å². The number of aliphatic hydroxyl groups is 1. The molecule has 1 saturated heterocycles. The largest absolute Gasteiger partial charge is 0.417 e. The highest BCUT2D eigenvalue weighted by atomic mass is 32.2.